The molecule has 0 bridgehead atoms. The number of aromatic nitrogens is 2. The van der Waals surface area contributed by atoms with Gasteiger partial charge in [-0.05, 0) is 55.0 Å². The smallest absolute Gasteiger partial charge is 0.155 e. The summed E-state index contributed by atoms with van der Waals surface area (Å²) in [6.45, 7) is 1.89. The van der Waals surface area contributed by atoms with E-state index in [1.165, 1.54) is 0 Å². The molecule has 0 unspecified atom stereocenters. The first-order valence-corrected chi connectivity index (χ1v) is 9.11. The van der Waals surface area contributed by atoms with Crippen LogP contribution < -0.4 is 0 Å². The molecule has 4 nitrogen and oxygen atoms in total. The summed E-state index contributed by atoms with van der Waals surface area (Å²) in [5.41, 5.74) is 3.64. The third kappa shape index (κ3) is 3.62. The highest BCUT2D eigenvalue weighted by Crippen LogP contribution is 2.29. The van der Waals surface area contributed by atoms with Gasteiger partial charge in [-0.2, -0.15) is 10.4 Å². The molecule has 2 aromatic heterocycles. The number of rotatable bonds is 4. The SMILES string of the molecule is Cc1ccc(-c2nn(-c3ccccc3)cc2/C=C(\C#N)c2cccc(Cl)c2)o1. The summed E-state index contributed by atoms with van der Waals surface area (Å²) in [7, 11) is 0. The van der Waals surface area contributed by atoms with Gasteiger partial charge in [-0.15, -0.1) is 0 Å². The minimum absolute atomic E-state index is 0.500. The molecule has 0 saturated heterocycles. The van der Waals surface area contributed by atoms with Crippen LogP contribution in [-0.4, -0.2) is 9.78 Å². The maximum absolute atomic E-state index is 9.71. The van der Waals surface area contributed by atoms with Gasteiger partial charge in [0.05, 0.1) is 17.3 Å². The fraction of sp³-hybridized carbons (Fsp3) is 0.0435. The van der Waals surface area contributed by atoms with Gasteiger partial charge in [-0.25, -0.2) is 4.68 Å². The summed E-state index contributed by atoms with van der Waals surface area (Å²) in [5.74, 6) is 1.45. The number of hydrogen-bond acceptors (Lipinski definition) is 3. The molecule has 5 heteroatoms. The number of nitrogens with zero attached hydrogens (tertiary/aromatic N) is 3. The topological polar surface area (TPSA) is 54.8 Å². The fourth-order valence-corrected chi connectivity index (χ4v) is 3.14. The summed E-state index contributed by atoms with van der Waals surface area (Å²) in [5, 5.41) is 15.0. The lowest BCUT2D eigenvalue weighted by Crippen LogP contribution is -1.93. The van der Waals surface area contributed by atoms with Crippen LogP contribution in [0.15, 0.2) is 77.3 Å². The second-order valence-electron chi connectivity index (χ2n) is 6.30. The van der Waals surface area contributed by atoms with Crippen molar-refractivity contribution in [2.45, 2.75) is 6.92 Å². The second kappa shape index (κ2) is 7.59. The Morgan fingerprint density at radius 1 is 1.11 bits per heavy atom. The van der Waals surface area contributed by atoms with Crippen LogP contribution in [0, 0.1) is 18.3 Å². The molecule has 0 atom stereocenters. The second-order valence-corrected chi connectivity index (χ2v) is 6.74. The standard InChI is InChI=1S/C23H16ClN3O/c1-16-10-11-22(28-16)23-19(15-27(26-23)21-8-3-2-4-9-21)12-18(14-25)17-6-5-7-20(24)13-17/h2-13,15H,1H3/b18-12+. The number of furan rings is 1. The van der Waals surface area contributed by atoms with Crippen LogP contribution in [0.1, 0.15) is 16.9 Å². The van der Waals surface area contributed by atoms with Crippen molar-refractivity contribution >= 4 is 23.3 Å². The number of hydrogen-bond donors (Lipinski definition) is 0. The first kappa shape index (κ1) is 17.8. The number of aryl methyl sites for hydroxylation is 1. The normalized spacial score (nSPS) is 11.4. The number of para-hydroxylation sites is 1. The first-order valence-electron chi connectivity index (χ1n) is 8.74. The van der Waals surface area contributed by atoms with Crippen LogP contribution >= 0.6 is 11.6 Å². The number of nitriles is 1. The van der Waals surface area contributed by atoms with E-state index in [2.05, 4.69) is 6.07 Å². The van der Waals surface area contributed by atoms with Gasteiger partial charge >= 0.3 is 0 Å². The summed E-state index contributed by atoms with van der Waals surface area (Å²) >= 11 is 6.09. The summed E-state index contributed by atoms with van der Waals surface area (Å²) in [4.78, 5) is 0. The van der Waals surface area contributed by atoms with Crippen LogP contribution in [0.4, 0.5) is 0 Å². The average Bonchev–Trinajstić information content (AvgIpc) is 3.33. The van der Waals surface area contributed by atoms with Crippen molar-refractivity contribution < 1.29 is 4.42 Å². The molecule has 4 aromatic rings. The van der Waals surface area contributed by atoms with Crippen molar-refractivity contribution in [3.05, 3.63) is 94.8 Å². The average molecular weight is 386 g/mol. The Bertz CT molecular complexity index is 1200. The molecule has 0 N–H and O–H groups in total. The Morgan fingerprint density at radius 2 is 1.93 bits per heavy atom. The van der Waals surface area contributed by atoms with Crippen molar-refractivity contribution in [1.29, 1.82) is 5.26 Å². The molecular formula is C23H16ClN3O. The molecule has 0 spiro atoms. The summed E-state index contributed by atoms with van der Waals surface area (Å²) in [6, 6.07) is 23.1. The van der Waals surface area contributed by atoms with Crippen LogP contribution in [0.25, 0.3) is 28.8 Å². The highest BCUT2D eigenvalue weighted by Gasteiger charge is 2.15. The third-order valence-electron chi connectivity index (χ3n) is 4.29. The van der Waals surface area contributed by atoms with E-state index in [4.69, 9.17) is 21.1 Å². The van der Waals surface area contributed by atoms with Gasteiger partial charge in [0, 0.05) is 16.8 Å². The molecule has 0 aliphatic rings. The minimum atomic E-state index is 0.500. The van der Waals surface area contributed by atoms with Gasteiger partial charge in [0.15, 0.2) is 5.76 Å². The predicted molar refractivity (Wildman–Crippen MR) is 111 cm³/mol. The van der Waals surface area contributed by atoms with Crippen molar-refractivity contribution in [3.63, 3.8) is 0 Å². The Labute approximate surface area is 167 Å². The summed E-state index contributed by atoms with van der Waals surface area (Å²) in [6.07, 6.45) is 3.70. The van der Waals surface area contributed by atoms with Crippen LogP contribution in [0.3, 0.4) is 0 Å². The molecule has 28 heavy (non-hydrogen) atoms. The van der Waals surface area contributed by atoms with Crippen LogP contribution in [0.2, 0.25) is 5.02 Å². The van der Waals surface area contributed by atoms with Gasteiger partial charge < -0.3 is 4.42 Å². The van der Waals surface area contributed by atoms with Crippen molar-refractivity contribution in [3.8, 4) is 23.2 Å². The first-order chi connectivity index (χ1) is 13.6. The lowest BCUT2D eigenvalue weighted by molar-refractivity contribution is 0.545. The van der Waals surface area contributed by atoms with E-state index < -0.39 is 0 Å². The number of benzene rings is 2. The van der Waals surface area contributed by atoms with Crippen LogP contribution in [-0.2, 0) is 0 Å². The number of allylic oxidation sites excluding steroid dienone is 1. The molecule has 136 valence electrons. The molecule has 0 fully saturated rings. The highest BCUT2D eigenvalue weighted by atomic mass is 35.5. The van der Waals surface area contributed by atoms with Gasteiger partial charge in [-0.1, -0.05) is 41.9 Å². The van der Waals surface area contributed by atoms with E-state index in [9.17, 15) is 5.26 Å². The molecule has 2 aromatic carbocycles. The minimum Gasteiger partial charge on any atom is -0.460 e. The maximum atomic E-state index is 9.71. The molecule has 0 radical (unpaired) electrons. The lowest BCUT2D eigenvalue weighted by atomic mass is 10.0. The van der Waals surface area contributed by atoms with E-state index in [1.807, 2.05) is 73.8 Å². The fourth-order valence-electron chi connectivity index (χ4n) is 2.95. The van der Waals surface area contributed by atoms with Crippen molar-refractivity contribution in [2.24, 2.45) is 0 Å². The van der Waals surface area contributed by atoms with Gasteiger partial charge in [0.2, 0.25) is 0 Å². The molecular weight excluding hydrogens is 370 g/mol. The molecule has 0 amide bonds. The van der Waals surface area contributed by atoms with Crippen molar-refractivity contribution in [2.75, 3.05) is 0 Å². The largest absolute Gasteiger partial charge is 0.460 e. The van der Waals surface area contributed by atoms with Gasteiger partial charge in [0.25, 0.3) is 0 Å². The quantitative estimate of drug-likeness (QED) is 0.395. The Kier molecular flexibility index (Phi) is 4.84. The molecule has 0 saturated carbocycles. The highest BCUT2D eigenvalue weighted by molar-refractivity contribution is 6.30. The Balaban J connectivity index is 1.87. The van der Waals surface area contributed by atoms with Crippen LogP contribution in [0.5, 0.6) is 0 Å². The Hall–Kier alpha value is -3.55. The van der Waals surface area contributed by atoms with E-state index in [0.717, 1.165) is 22.6 Å². The zero-order chi connectivity index (χ0) is 19.5. The molecule has 0 aliphatic carbocycles. The van der Waals surface area contributed by atoms with E-state index >= 15 is 0 Å². The lowest BCUT2D eigenvalue weighted by Gasteiger charge is -2.00. The van der Waals surface area contributed by atoms with Crippen molar-refractivity contribution in [1.82, 2.24) is 9.78 Å². The summed E-state index contributed by atoms with van der Waals surface area (Å²) < 4.78 is 7.57. The number of halogens is 1. The van der Waals surface area contributed by atoms with E-state index in [1.54, 1.807) is 16.8 Å². The Morgan fingerprint density at radius 3 is 2.61 bits per heavy atom. The maximum Gasteiger partial charge on any atom is 0.155 e. The molecule has 2 heterocycles. The van der Waals surface area contributed by atoms with Gasteiger partial charge in [0.1, 0.15) is 11.5 Å². The van der Waals surface area contributed by atoms with E-state index in [0.29, 0.717) is 22.0 Å². The van der Waals surface area contributed by atoms with E-state index in [-0.39, 0.29) is 0 Å². The monoisotopic (exact) mass is 385 g/mol. The third-order valence-corrected chi connectivity index (χ3v) is 4.53. The van der Waals surface area contributed by atoms with Gasteiger partial charge in [-0.3, -0.25) is 0 Å². The predicted octanol–water partition coefficient (Wildman–Crippen LogP) is 6.16. The molecule has 0 aliphatic heterocycles. The zero-order valence-corrected chi connectivity index (χ0v) is 15.9. The molecule has 4 rings (SSSR count). The zero-order valence-electron chi connectivity index (χ0n) is 15.1.